The fraction of sp³-hybridized carbons (Fsp3) is 0. The standard InChI is InChI=1S/C12H9Br2N/c13-9-5-2-1-4-8(9)12-10(14)6-3-7-11(12)15/h1-7H,15H2. The van der Waals surface area contributed by atoms with Gasteiger partial charge in [0.1, 0.15) is 0 Å². The molecule has 76 valence electrons. The summed E-state index contributed by atoms with van der Waals surface area (Å²) >= 11 is 7.04. The molecule has 2 rings (SSSR count). The van der Waals surface area contributed by atoms with Gasteiger partial charge in [0, 0.05) is 20.2 Å². The molecule has 0 unspecified atom stereocenters. The average molecular weight is 327 g/mol. The van der Waals surface area contributed by atoms with E-state index in [9.17, 15) is 0 Å². The van der Waals surface area contributed by atoms with E-state index in [0.29, 0.717) is 0 Å². The van der Waals surface area contributed by atoms with Crippen LogP contribution in [0.2, 0.25) is 0 Å². The van der Waals surface area contributed by atoms with E-state index >= 15 is 0 Å². The van der Waals surface area contributed by atoms with Crippen molar-refractivity contribution in [3.05, 3.63) is 51.4 Å². The molecule has 0 aromatic heterocycles. The lowest BCUT2D eigenvalue weighted by Gasteiger charge is -2.09. The maximum absolute atomic E-state index is 5.97. The molecule has 2 aromatic rings. The molecule has 0 bridgehead atoms. The molecule has 2 N–H and O–H groups in total. The van der Waals surface area contributed by atoms with Crippen LogP contribution in [0.25, 0.3) is 11.1 Å². The van der Waals surface area contributed by atoms with E-state index in [1.807, 2.05) is 42.5 Å². The predicted molar refractivity (Wildman–Crippen MR) is 71.7 cm³/mol. The largest absolute Gasteiger partial charge is 0.398 e. The fourth-order valence-electron chi connectivity index (χ4n) is 1.49. The molecule has 0 aliphatic carbocycles. The van der Waals surface area contributed by atoms with E-state index in [0.717, 1.165) is 25.8 Å². The van der Waals surface area contributed by atoms with Crippen molar-refractivity contribution in [2.75, 3.05) is 5.73 Å². The van der Waals surface area contributed by atoms with Gasteiger partial charge in [0.15, 0.2) is 0 Å². The Morgan fingerprint density at radius 2 is 1.47 bits per heavy atom. The van der Waals surface area contributed by atoms with Crippen LogP contribution in [0.15, 0.2) is 51.4 Å². The summed E-state index contributed by atoms with van der Waals surface area (Å²) in [5, 5.41) is 0. The van der Waals surface area contributed by atoms with Crippen LogP contribution in [-0.4, -0.2) is 0 Å². The molecule has 3 heteroatoms. The van der Waals surface area contributed by atoms with Crippen molar-refractivity contribution in [2.24, 2.45) is 0 Å². The van der Waals surface area contributed by atoms with Gasteiger partial charge in [-0.2, -0.15) is 0 Å². The molecule has 0 fully saturated rings. The fourth-order valence-corrected chi connectivity index (χ4v) is 2.57. The van der Waals surface area contributed by atoms with Crippen LogP contribution in [0.1, 0.15) is 0 Å². The third kappa shape index (κ3) is 2.08. The number of benzene rings is 2. The molecule has 0 atom stereocenters. The van der Waals surface area contributed by atoms with Gasteiger partial charge in [-0.1, -0.05) is 56.1 Å². The van der Waals surface area contributed by atoms with E-state index in [2.05, 4.69) is 31.9 Å². The Morgan fingerprint density at radius 3 is 2.13 bits per heavy atom. The number of nitrogens with two attached hydrogens (primary N) is 1. The zero-order chi connectivity index (χ0) is 10.8. The van der Waals surface area contributed by atoms with Crippen LogP contribution in [0.5, 0.6) is 0 Å². The molecule has 0 saturated carbocycles. The van der Waals surface area contributed by atoms with Gasteiger partial charge < -0.3 is 5.73 Å². The van der Waals surface area contributed by atoms with Gasteiger partial charge in [-0.15, -0.1) is 0 Å². The Kier molecular flexibility index (Phi) is 3.12. The minimum atomic E-state index is 0.774. The summed E-state index contributed by atoms with van der Waals surface area (Å²) in [5.41, 5.74) is 8.88. The Hall–Kier alpha value is -0.800. The minimum Gasteiger partial charge on any atom is -0.398 e. The predicted octanol–water partition coefficient (Wildman–Crippen LogP) is 4.46. The number of hydrogen-bond donors (Lipinski definition) is 1. The summed E-state index contributed by atoms with van der Waals surface area (Å²) in [4.78, 5) is 0. The first kappa shape index (κ1) is 10.7. The number of halogens is 2. The van der Waals surface area contributed by atoms with Crippen LogP contribution < -0.4 is 5.73 Å². The molecule has 2 aromatic carbocycles. The molecule has 0 heterocycles. The van der Waals surface area contributed by atoms with E-state index < -0.39 is 0 Å². The zero-order valence-corrected chi connectivity index (χ0v) is 11.0. The van der Waals surface area contributed by atoms with E-state index in [1.54, 1.807) is 0 Å². The van der Waals surface area contributed by atoms with Gasteiger partial charge in [0.05, 0.1) is 0 Å². The average Bonchev–Trinajstić information content (AvgIpc) is 2.20. The lowest BCUT2D eigenvalue weighted by molar-refractivity contribution is 1.55. The van der Waals surface area contributed by atoms with Crippen LogP contribution >= 0.6 is 31.9 Å². The number of rotatable bonds is 1. The summed E-state index contributed by atoms with van der Waals surface area (Å²) in [6, 6.07) is 13.9. The van der Waals surface area contributed by atoms with Crippen molar-refractivity contribution in [2.45, 2.75) is 0 Å². The quantitative estimate of drug-likeness (QED) is 0.769. The van der Waals surface area contributed by atoms with E-state index in [-0.39, 0.29) is 0 Å². The molecule has 1 nitrogen and oxygen atoms in total. The monoisotopic (exact) mass is 325 g/mol. The highest BCUT2D eigenvalue weighted by atomic mass is 79.9. The first-order valence-corrected chi connectivity index (χ1v) is 6.07. The summed E-state index contributed by atoms with van der Waals surface area (Å²) < 4.78 is 2.05. The maximum Gasteiger partial charge on any atom is 0.0405 e. The normalized spacial score (nSPS) is 10.3. The number of hydrogen-bond acceptors (Lipinski definition) is 1. The van der Waals surface area contributed by atoms with Gasteiger partial charge >= 0.3 is 0 Å². The summed E-state index contributed by atoms with van der Waals surface area (Å²) in [6.45, 7) is 0. The second kappa shape index (κ2) is 4.37. The van der Waals surface area contributed by atoms with Crippen molar-refractivity contribution in [3.63, 3.8) is 0 Å². The summed E-state index contributed by atoms with van der Waals surface area (Å²) in [5.74, 6) is 0. The molecular formula is C12H9Br2N. The topological polar surface area (TPSA) is 26.0 Å². The second-order valence-corrected chi connectivity index (χ2v) is 4.89. The van der Waals surface area contributed by atoms with Crippen LogP contribution in [0.4, 0.5) is 5.69 Å². The minimum absolute atomic E-state index is 0.774. The van der Waals surface area contributed by atoms with Crippen molar-refractivity contribution in [1.82, 2.24) is 0 Å². The number of anilines is 1. The third-order valence-corrected chi connectivity index (χ3v) is 3.54. The van der Waals surface area contributed by atoms with Gasteiger partial charge in [0.2, 0.25) is 0 Å². The first-order valence-electron chi connectivity index (χ1n) is 4.49. The highest BCUT2D eigenvalue weighted by Crippen LogP contribution is 2.37. The Labute approximate surface area is 106 Å². The van der Waals surface area contributed by atoms with Crippen molar-refractivity contribution in [3.8, 4) is 11.1 Å². The lowest BCUT2D eigenvalue weighted by Crippen LogP contribution is -1.91. The molecule has 0 amide bonds. The molecule has 0 aliphatic rings. The van der Waals surface area contributed by atoms with Gasteiger partial charge in [0.25, 0.3) is 0 Å². The van der Waals surface area contributed by atoms with Crippen LogP contribution in [0.3, 0.4) is 0 Å². The number of nitrogen functional groups attached to an aromatic ring is 1. The maximum atomic E-state index is 5.97. The Balaban J connectivity index is 2.69. The summed E-state index contributed by atoms with van der Waals surface area (Å²) in [6.07, 6.45) is 0. The van der Waals surface area contributed by atoms with Gasteiger partial charge in [-0.25, -0.2) is 0 Å². The van der Waals surface area contributed by atoms with E-state index in [1.165, 1.54) is 0 Å². The molecular weight excluding hydrogens is 318 g/mol. The SMILES string of the molecule is Nc1cccc(Br)c1-c1ccccc1Br. The molecule has 0 spiro atoms. The van der Waals surface area contributed by atoms with Gasteiger partial charge in [-0.05, 0) is 23.8 Å². The molecule has 0 radical (unpaired) electrons. The molecule has 0 saturated heterocycles. The van der Waals surface area contributed by atoms with Crippen LogP contribution in [0, 0.1) is 0 Å². The first-order chi connectivity index (χ1) is 7.20. The second-order valence-electron chi connectivity index (χ2n) is 3.18. The zero-order valence-electron chi connectivity index (χ0n) is 7.87. The molecule has 0 aliphatic heterocycles. The van der Waals surface area contributed by atoms with Gasteiger partial charge in [-0.3, -0.25) is 0 Å². The highest BCUT2D eigenvalue weighted by molar-refractivity contribution is 9.11. The van der Waals surface area contributed by atoms with Crippen molar-refractivity contribution < 1.29 is 0 Å². The summed E-state index contributed by atoms with van der Waals surface area (Å²) in [7, 11) is 0. The highest BCUT2D eigenvalue weighted by Gasteiger charge is 2.09. The smallest absolute Gasteiger partial charge is 0.0405 e. The van der Waals surface area contributed by atoms with Crippen molar-refractivity contribution in [1.29, 1.82) is 0 Å². The molecule has 15 heavy (non-hydrogen) atoms. The Bertz CT molecular complexity index is 474. The van der Waals surface area contributed by atoms with Crippen molar-refractivity contribution >= 4 is 37.5 Å². The van der Waals surface area contributed by atoms with Crippen LogP contribution in [-0.2, 0) is 0 Å². The lowest BCUT2D eigenvalue weighted by atomic mass is 10.0. The third-order valence-electron chi connectivity index (χ3n) is 2.19. The van der Waals surface area contributed by atoms with E-state index in [4.69, 9.17) is 5.73 Å². The Morgan fingerprint density at radius 1 is 0.800 bits per heavy atom.